The quantitative estimate of drug-likeness (QED) is 0.0199. The van der Waals surface area contributed by atoms with Crippen molar-refractivity contribution in [3.8, 4) is 0 Å². The number of unbranched alkanes of at least 4 members (excludes halogenated alkanes) is 36. The number of hydrogen-bond acceptors (Lipinski definition) is 8. The van der Waals surface area contributed by atoms with Crippen molar-refractivity contribution in [3.05, 3.63) is 24.3 Å². The molecule has 0 aromatic heterocycles. The van der Waals surface area contributed by atoms with Gasteiger partial charge in [-0.05, 0) is 64.2 Å². The Balaban J connectivity index is 3.75. The van der Waals surface area contributed by atoms with Crippen molar-refractivity contribution in [2.75, 3.05) is 19.8 Å². The van der Waals surface area contributed by atoms with E-state index in [2.05, 4.69) is 43.5 Å². The second kappa shape index (κ2) is 51.3. The summed E-state index contributed by atoms with van der Waals surface area (Å²) in [5.41, 5.74) is 0. The second-order valence-corrected chi connectivity index (χ2v) is 20.9. The van der Waals surface area contributed by atoms with Crippen LogP contribution in [0.4, 0.5) is 0 Å². The number of carbonyl (C=O) groups excluding carboxylic acids is 2. The number of phosphoric acid groups is 1. The Hall–Kier alpha value is -2.04. The lowest BCUT2D eigenvalue weighted by molar-refractivity contribution is -0.147. The first-order chi connectivity index (χ1) is 33.1. The zero-order chi connectivity index (χ0) is 49.9. The van der Waals surface area contributed by atoms with Crippen LogP contribution >= 0.6 is 7.82 Å². The average molecular weight is 984 g/mol. The van der Waals surface area contributed by atoms with E-state index in [9.17, 15) is 34.1 Å². The summed E-state index contributed by atoms with van der Waals surface area (Å²) in [7, 11) is -4.76. The van der Waals surface area contributed by atoms with E-state index in [-0.39, 0.29) is 12.8 Å². The molecule has 0 heterocycles. The van der Waals surface area contributed by atoms with Crippen LogP contribution in [0.1, 0.15) is 284 Å². The largest absolute Gasteiger partial charge is 0.480 e. The molecule has 4 N–H and O–H groups in total. The normalized spacial score (nSPS) is 13.6. The minimum atomic E-state index is -4.76. The number of carboxylic acid groups (broad SMARTS) is 1. The third-order valence-corrected chi connectivity index (χ3v) is 13.7. The van der Waals surface area contributed by atoms with Crippen molar-refractivity contribution >= 4 is 25.7 Å². The summed E-state index contributed by atoms with van der Waals surface area (Å²) in [6.07, 6.45) is 57.7. The first-order valence-corrected chi connectivity index (χ1v) is 29.9. The SMILES string of the molecule is CCCCCCCC/C=C/CCCCCCCCCCCCCCCC(=O)OCC(O)COP(=O)(O)OCC(NC(=O)CCCCCCCCCCCCC/C=C/CCCCCCCC)C(=O)O. The van der Waals surface area contributed by atoms with Crippen LogP contribution in [0.15, 0.2) is 24.3 Å². The molecule has 0 aliphatic heterocycles. The highest BCUT2D eigenvalue weighted by Crippen LogP contribution is 2.43. The number of allylic oxidation sites excluding steroid dienone is 4. The van der Waals surface area contributed by atoms with E-state index in [0.29, 0.717) is 12.8 Å². The van der Waals surface area contributed by atoms with Gasteiger partial charge in [0, 0.05) is 12.8 Å². The fourth-order valence-electron chi connectivity index (χ4n) is 8.31. The van der Waals surface area contributed by atoms with E-state index in [0.717, 1.165) is 38.5 Å². The first kappa shape index (κ1) is 66.0. The van der Waals surface area contributed by atoms with Crippen LogP contribution < -0.4 is 5.32 Å². The van der Waals surface area contributed by atoms with Crippen molar-refractivity contribution in [3.63, 3.8) is 0 Å². The van der Waals surface area contributed by atoms with Crippen LogP contribution in [0, 0.1) is 0 Å². The van der Waals surface area contributed by atoms with E-state index < -0.39 is 57.6 Å². The highest BCUT2D eigenvalue weighted by atomic mass is 31.2. The Labute approximate surface area is 417 Å². The molecule has 0 saturated carbocycles. The molecule has 0 aliphatic carbocycles. The molecular formula is C56H106NO10P. The number of amides is 1. The number of rotatable bonds is 54. The maximum Gasteiger partial charge on any atom is 0.472 e. The number of aliphatic hydroxyl groups is 1. The Morgan fingerprint density at radius 3 is 1.12 bits per heavy atom. The number of hydrogen-bond donors (Lipinski definition) is 4. The summed E-state index contributed by atoms with van der Waals surface area (Å²) in [6, 6.07) is -1.55. The number of aliphatic hydroxyl groups excluding tert-OH is 1. The van der Waals surface area contributed by atoms with Gasteiger partial charge in [0.2, 0.25) is 5.91 Å². The van der Waals surface area contributed by atoms with Gasteiger partial charge in [0.1, 0.15) is 12.7 Å². The highest BCUT2D eigenvalue weighted by Gasteiger charge is 2.28. The van der Waals surface area contributed by atoms with Crippen molar-refractivity contribution < 1.29 is 47.8 Å². The zero-order valence-electron chi connectivity index (χ0n) is 43.9. The fraction of sp³-hybridized carbons (Fsp3) is 0.875. The molecule has 1 amide bonds. The number of nitrogens with one attached hydrogen (secondary N) is 1. The predicted molar refractivity (Wildman–Crippen MR) is 282 cm³/mol. The molecule has 0 aromatic rings. The van der Waals surface area contributed by atoms with Gasteiger partial charge < -0.3 is 25.2 Å². The Bertz CT molecular complexity index is 1250. The number of carbonyl (C=O) groups is 3. The molecule has 3 atom stereocenters. The van der Waals surface area contributed by atoms with Crippen LogP contribution in [-0.2, 0) is 32.7 Å². The van der Waals surface area contributed by atoms with Gasteiger partial charge in [-0.2, -0.15) is 0 Å². The van der Waals surface area contributed by atoms with Crippen LogP contribution in [0.3, 0.4) is 0 Å². The number of phosphoric ester groups is 1. The molecule has 0 fully saturated rings. The van der Waals surface area contributed by atoms with Crippen molar-refractivity contribution in [2.45, 2.75) is 296 Å². The summed E-state index contributed by atoms with van der Waals surface area (Å²) in [5.74, 6) is -2.36. The lowest BCUT2D eigenvalue weighted by Crippen LogP contribution is -2.43. The maximum atomic E-state index is 12.4. The smallest absolute Gasteiger partial charge is 0.472 e. The number of ether oxygens (including phenoxy) is 1. The summed E-state index contributed by atoms with van der Waals surface area (Å²) in [4.78, 5) is 46.2. The minimum Gasteiger partial charge on any atom is -0.480 e. The molecule has 0 rings (SSSR count). The number of esters is 1. The summed E-state index contributed by atoms with van der Waals surface area (Å²) in [5, 5.41) is 22.0. The second-order valence-electron chi connectivity index (χ2n) is 19.5. The molecule has 0 aliphatic rings. The van der Waals surface area contributed by atoms with E-state index >= 15 is 0 Å². The molecule has 400 valence electrons. The Morgan fingerprint density at radius 1 is 0.456 bits per heavy atom. The molecule has 0 spiro atoms. The van der Waals surface area contributed by atoms with E-state index in [1.807, 2.05) is 0 Å². The molecular weight excluding hydrogens is 878 g/mol. The van der Waals surface area contributed by atoms with E-state index in [4.69, 9.17) is 13.8 Å². The molecule has 0 saturated heterocycles. The molecule has 0 radical (unpaired) electrons. The average Bonchev–Trinajstić information content (AvgIpc) is 3.32. The number of carboxylic acids is 1. The first-order valence-electron chi connectivity index (χ1n) is 28.4. The Kier molecular flexibility index (Phi) is 49.8. The third-order valence-electron chi connectivity index (χ3n) is 12.7. The van der Waals surface area contributed by atoms with Gasteiger partial charge in [0.05, 0.1) is 13.2 Å². The summed E-state index contributed by atoms with van der Waals surface area (Å²) >= 11 is 0. The lowest BCUT2D eigenvalue weighted by Gasteiger charge is -2.18. The standard InChI is InChI=1S/C56H106NO10P/c1-3-5-7-9-11-13-15-17-19-21-23-25-26-28-30-32-34-36-38-40-42-44-46-48-55(60)65-49-52(58)50-66-68(63,64)67-51-53(56(61)62)57-54(59)47-45-43-41-39-37-35-33-31-29-27-24-22-20-18-16-14-12-10-8-6-4-2/h17-20,52-53,58H,3-16,21-51H2,1-2H3,(H,57,59)(H,61,62)(H,63,64)/b19-17+,20-18+. The predicted octanol–water partition coefficient (Wildman–Crippen LogP) is 16.1. The van der Waals surface area contributed by atoms with Gasteiger partial charge in [0.25, 0.3) is 0 Å². The van der Waals surface area contributed by atoms with Crippen LogP contribution in [0.5, 0.6) is 0 Å². The molecule has 3 unspecified atom stereocenters. The van der Waals surface area contributed by atoms with Crippen molar-refractivity contribution in [2.24, 2.45) is 0 Å². The maximum absolute atomic E-state index is 12.4. The third kappa shape index (κ3) is 50.4. The minimum absolute atomic E-state index is 0.148. The lowest BCUT2D eigenvalue weighted by atomic mass is 10.0. The summed E-state index contributed by atoms with van der Waals surface area (Å²) in [6.45, 7) is 2.65. The fourth-order valence-corrected chi connectivity index (χ4v) is 9.08. The Morgan fingerprint density at radius 2 is 0.765 bits per heavy atom. The van der Waals surface area contributed by atoms with Crippen LogP contribution in [-0.4, -0.2) is 64.9 Å². The topological polar surface area (TPSA) is 169 Å². The van der Waals surface area contributed by atoms with E-state index in [1.54, 1.807) is 0 Å². The number of aliphatic carboxylic acids is 1. The van der Waals surface area contributed by atoms with Gasteiger partial charge in [-0.15, -0.1) is 0 Å². The monoisotopic (exact) mass is 984 g/mol. The molecule has 12 heteroatoms. The molecule has 68 heavy (non-hydrogen) atoms. The highest BCUT2D eigenvalue weighted by molar-refractivity contribution is 7.47. The van der Waals surface area contributed by atoms with Crippen molar-refractivity contribution in [1.29, 1.82) is 0 Å². The zero-order valence-corrected chi connectivity index (χ0v) is 44.8. The molecule has 0 bridgehead atoms. The van der Waals surface area contributed by atoms with Gasteiger partial charge >= 0.3 is 19.8 Å². The summed E-state index contributed by atoms with van der Waals surface area (Å²) < 4.78 is 27.0. The van der Waals surface area contributed by atoms with E-state index in [1.165, 1.54) is 205 Å². The van der Waals surface area contributed by atoms with Gasteiger partial charge in [-0.25, -0.2) is 9.36 Å². The van der Waals surface area contributed by atoms with Gasteiger partial charge in [-0.3, -0.25) is 18.6 Å². The molecule has 0 aromatic carbocycles. The van der Waals surface area contributed by atoms with Crippen LogP contribution in [0.25, 0.3) is 0 Å². The molecule has 11 nitrogen and oxygen atoms in total. The van der Waals surface area contributed by atoms with Crippen LogP contribution in [0.2, 0.25) is 0 Å². The van der Waals surface area contributed by atoms with Crippen molar-refractivity contribution in [1.82, 2.24) is 5.32 Å². The van der Waals surface area contributed by atoms with Gasteiger partial charge in [0.15, 0.2) is 6.04 Å². The van der Waals surface area contributed by atoms with Gasteiger partial charge in [-0.1, -0.05) is 231 Å².